The lowest BCUT2D eigenvalue weighted by Gasteiger charge is -2.33. The molecule has 142 valence electrons. The molecule has 5 rings (SSSR count). The van der Waals surface area contributed by atoms with Gasteiger partial charge in [0.15, 0.2) is 0 Å². The first-order chi connectivity index (χ1) is 13.1. The zero-order chi connectivity index (χ0) is 18.5. The van der Waals surface area contributed by atoms with Crippen molar-refractivity contribution in [2.45, 2.75) is 42.7 Å². The number of thioether (sulfide) groups is 1. The third-order valence-corrected chi connectivity index (χ3v) is 7.33. The third-order valence-electron chi connectivity index (χ3n) is 6.21. The van der Waals surface area contributed by atoms with Crippen molar-refractivity contribution >= 4 is 17.4 Å². The Morgan fingerprint density at radius 1 is 1.30 bits per heavy atom. The van der Waals surface area contributed by atoms with Crippen molar-refractivity contribution in [3.05, 3.63) is 47.3 Å². The maximum Gasteiger partial charge on any atom is 0.123 e. The van der Waals surface area contributed by atoms with E-state index in [-0.39, 0.29) is 5.82 Å². The Bertz CT molecular complexity index is 885. The fourth-order valence-corrected chi connectivity index (χ4v) is 6.10. The van der Waals surface area contributed by atoms with Crippen molar-refractivity contribution in [1.82, 2.24) is 5.32 Å². The molecule has 27 heavy (non-hydrogen) atoms. The highest BCUT2D eigenvalue weighted by molar-refractivity contribution is 7.99. The van der Waals surface area contributed by atoms with Gasteiger partial charge in [-0.05, 0) is 78.6 Å². The minimum Gasteiger partial charge on any atom is -0.389 e. The maximum absolute atomic E-state index is 13.8. The molecule has 5 heteroatoms. The molecule has 2 N–H and O–H groups in total. The van der Waals surface area contributed by atoms with Crippen LogP contribution in [0.2, 0.25) is 0 Å². The molecule has 0 spiro atoms. The smallest absolute Gasteiger partial charge is 0.123 e. The van der Waals surface area contributed by atoms with Gasteiger partial charge < -0.3 is 15.3 Å². The quantitative estimate of drug-likeness (QED) is 0.809. The summed E-state index contributed by atoms with van der Waals surface area (Å²) in [5.74, 6) is 1.35. The second-order valence-corrected chi connectivity index (χ2v) is 9.02. The topological polar surface area (TPSA) is 35.5 Å². The van der Waals surface area contributed by atoms with Crippen LogP contribution in [0.3, 0.4) is 0 Å². The van der Waals surface area contributed by atoms with Gasteiger partial charge in [0.05, 0.1) is 11.8 Å². The lowest BCUT2D eigenvalue weighted by atomic mass is 9.88. The van der Waals surface area contributed by atoms with Crippen LogP contribution in [-0.4, -0.2) is 36.5 Å². The summed E-state index contributed by atoms with van der Waals surface area (Å²) in [5.41, 5.74) is 5.55. The van der Waals surface area contributed by atoms with Gasteiger partial charge in [-0.2, -0.15) is 0 Å². The summed E-state index contributed by atoms with van der Waals surface area (Å²) in [4.78, 5) is 4.00. The minimum absolute atomic E-state index is 0.300. The number of aliphatic hydroxyl groups excluding tert-OH is 1. The van der Waals surface area contributed by atoms with Gasteiger partial charge >= 0.3 is 0 Å². The second kappa shape index (κ2) is 6.80. The van der Waals surface area contributed by atoms with Gasteiger partial charge in [-0.3, -0.25) is 0 Å². The van der Waals surface area contributed by atoms with Crippen molar-refractivity contribution in [3.63, 3.8) is 0 Å². The summed E-state index contributed by atoms with van der Waals surface area (Å²) < 4.78 is 13.8. The van der Waals surface area contributed by atoms with E-state index in [2.05, 4.69) is 22.3 Å². The highest BCUT2D eigenvalue weighted by atomic mass is 32.2. The van der Waals surface area contributed by atoms with E-state index in [0.29, 0.717) is 17.5 Å². The van der Waals surface area contributed by atoms with Crippen molar-refractivity contribution in [3.8, 4) is 11.1 Å². The van der Waals surface area contributed by atoms with Crippen LogP contribution in [0, 0.1) is 5.82 Å². The molecule has 3 unspecified atom stereocenters. The van der Waals surface area contributed by atoms with Gasteiger partial charge in [-0.25, -0.2) is 4.39 Å². The number of nitrogens with zero attached hydrogens (tertiary/aromatic N) is 1. The first-order valence-electron chi connectivity index (χ1n) is 9.89. The summed E-state index contributed by atoms with van der Waals surface area (Å²) in [7, 11) is 0. The first kappa shape index (κ1) is 17.5. The Morgan fingerprint density at radius 2 is 2.19 bits per heavy atom. The van der Waals surface area contributed by atoms with Crippen LogP contribution < -0.4 is 10.2 Å². The summed E-state index contributed by atoms with van der Waals surface area (Å²) in [6, 6.07) is 9.93. The van der Waals surface area contributed by atoms with Gasteiger partial charge in [0, 0.05) is 29.9 Å². The standard InChI is InChI=1S/C22H25FN2OS/c1-13(26)17-11-15(23)3-4-16(17)14-9-18-19-12-24-6-5-20(19)25-7-2-8-27-21(10-14)22(18)25/h3-4,9-11,13,19-20,24,26H,2,5-8,12H2,1H3. The highest BCUT2D eigenvalue weighted by Crippen LogP contribution is 2.51. The normalized spacial score (nSPS) is 24.9. The maximum atomic E-state index is 13.8. The Hall–Kier alpha value is -1.56. The number of rotatable bonds is 2. The predicted octanol–water partition coefficient (Wildman–Crippen LogP) is 4.31. The van der Waals surface area contributed by atoms with Crippen LogP contribution in [-0.2, 0) is 0 Å². The molecule has 3 aliphatic heterocycles. The van der Waals surface area contributed by atoms with Crippen LogP contribution in [0.4, 0.5) is 10.1 Å². The zero-order valence-electron chi connectivity index (χ0n) is 15.5. The van der Waals surface area contributed by atoms with E-state index in [1.54, 1.807) is 6.92 Å². The largest absolute Gasteiger partial charge is 0.389 e. The minimum atomic E-state index is -0.698. The average molecular weight is 385 g/mol. The van der Waals surface area contributed by atoms with Crippen molar-refractivity contribution in [2.75, 3.05) is 30.3 Å². The summed E-state index contributed by atoms with van der Waals surface area (Å²) >= 11 is 1.94. The Morgan fingerprint density at radius 3 is 3.04 bits per heavy atom. The van der Waals surface area contributed by atoms with E-state index in [0.717, 1.165) is 36.5 Å². The van der Waals surface area contributed by atoms with Crippen molar-refractivity contribution in [1.29, 1.82) is 0 Å². The van der Waals surface area contributed by atoms with Crippen LogP contribution in [0.5, 0.6) is 0 Å². The summed E-state index contributed by atoms with van der Waals surface area (Å²) in [6.45, 7) is 4.96. The van der Waals surface area contributed by atoms with Crippen LogP contribution in [0.25, 0.3) is 11.1 Å². The van der Waals surface area contributed by atoms with Crippen molar-refractivity contribution in [2.24, 2.45) is 0 Å². The number of fused-ring (bicyclic) bond motifs is 3. The van der Waals surface area contributed by atoms with Gasteiger partial charge in [0.1, 0.15) is 5.82 Å². The number of hydrogen-bond donors (Lipinski definition) is 2. The summed E-state index contributed by atoms with van der Waals surface area (Å²) in [5, 5.41) is 13.8. The molecule has 0 saturated carbocycles. The lowest BCUT2D eigenvalue weighted by molar-refractivity contribution is 0.199. The number of aliphatic hydroxyl groups is 1. The molecule has 2 aromatic carbocycles. The Kier molecular flexibility index (Phi) is 4.42. The van der Waals surface area contributed by atoms with E-state index in [1.165, 1.54) is 41.1 Å². The zero-order valence-corrected chi connectivity index (χ0v) is 16.4. The molecule has 3 nitrogen and oxygen atoms in total. The molecule has 0 radical (unpaired) electrons. The molecule has 0 aromatic heterocycles. The number of benzene rings is 2. The SMILES string of the molecule is CC(O)c1cc(F)ccc1-c1cc2c3c(c1)C1CNCCC1N3CCCS2. The van der Waals surface area contributed by atoms with Crippen LogP contribution >= 0.6 is 11.8 Å². The van der Waals surface area contributed by atoms with E-state index < -0.39 is 6.10 Å². The molecule has 0 aliphatic carbocycles. The predicted molar refractivity (Wildman–Crippen MR) is 109 cm³/mol. The number of hydrogen-bond acceptors (Lipinski definition) is 4. The van der Waals surface area contributed by atoms with E-state index in [4.69, 9.17) is 0 Å². The van der Waals surface area contributed by atoms with E-state index >= 15 is 0 Å². The fraction of sp³-hybridized carbons (Fsp3) is 0.455. The Labute approximate surface area is 164 Å². The Balaban J connectivity index is 1.69. The lowest BCUT2D eigenvalue weighted by Crippen LogP contribution is -2.44. The number of halogens is 1. The monoisotopic (exact) mass is 384 g/mol. The van der Waals surface area contributed by atoms with Crippen LogP contribution in [0.1, 0.15) is 42.9 Å². The van der Waals surface area contributed by atoms with Gasteiger partial charge in [0.25, 0.3) is 0 Å². The van der Waals surface area contributed by atoms with E-state index in [1.807, 2.05) is 17.8 Å². The number of piperidine rings is 1. The van der Waals surface area contributed by atoms with Gasteiger partial charge in [0.2, 0.25) is 0 Å². The first-order valence-corrected chi connectivity index (χ1v) is 10.9. The molecule has 1 saturated heterocycles. The van der Waals surface area contributed by atoms with Crippen LogP contribution in [0.15, 0.2) is 35.2 Å². The third kappa shape index (κ3) is 2.87. The highest BCUT2D eigenvalue weighted by Gasteiger charge is 2.42. The summed E-state index contributed by atoms with van der Waals surface area (Å²) in [6.07, 6.45) is 1.70. The molecule has 3 atom stereocenters. The molecule has 2 aromatic rings. The molecule has 3 aliphatic rings. The van der Waals surface area contributed by atoms with E-state index in [9.17, 15) is 9.50 Å². The van der Waals surface area contributed by atoms with Gasteiger partial charge in [-0.15, -0.1) is 11.8 Å². The van der Waals surface area contributed by atoms with Crippen molar-refractivity contribution < 1.29 is 9.50 Å². The van der Waals surface area contributed by atoms with Gasteiger partial charge in [-0.1, -0.05) is 6.07 Å². The number of anilines is 1. The molecule has 0 amide bonds. The molecular formula is C22H25FN2OS. The second-order valence-electron chi connectivity index (χ2n) is 7.88. The molecule has 0 bridgehead atoms. The molecule has 3 heterocycles. The average Bonchev–Trinajstić information content (AvgIpc) is 2.83. The molecular weight excluding hydrogens is 359 g/mol. The fourth-order valence-electron chi connectivity index (χ4n) is 5.02. The molecule has 1 fully saturated rings. The number of nitrogens with one attached hydrogen (secondary N) is 1.